The summed E-state index contributed by atoms with van der Waals surface area (Å²) in [5.41, 5.74) is 2.61. The molecule has 1 N–H and O–H groups in total. The highest BCUT2D eigenvalue weighted by molar-refractivity contribution is 6.30. The van der Waals surface area contributed by atoms with Gasteiger partial charge in [-0.15, -0.1) is 0 Å². The van der Waals surface area contributed by atoms with Crippen LogP contribution in [0.15, 0.2) is 41.6 Å². The molecule has 4 aromatic rings. The van der Waals surface area contributed by atoms with E-state index < -0.39 is 5.82 Å². The molecule has 1 aliphatic rings. The van der Waals surface area contributed by atoms with Crippen LogP contribution in [0.3, 0.4) is 0 Å². The van der Waals surface area contributed by atoms with Gasteiger partial charge in [-0.3, -0.25) is 14.3 Å². The number of anilines is 1. The SMILES string of the molecule is Cc1nc2c(-c3ccc(Cl)cc3F)nc(N3CCO[C@@H](c4cn[nH]c4)C3)cn2c(=O)c1C. The zero-order valence-electron chi connectivity index (χ0n) is 17.5. The van der Waals surface area contributed by atoms with Gasteiger partial charge in [-0.25, -0.2) is 14.4 Å². The number of aromatic amines is 1. The van der Waals surface area contributed by atoms with Crippen LogP contribution in [0.5, 0.6) is 0 Å². The highest BCUT2D eigenvalue weighted by atomic mass is 35.5. The Morgan fingerprint density at radius 3 is 2.88 bits per heavy atom. The molecular weight excluding hydrogens is 435 g/mol. The Kier molecular flexibility index (Phi) is 5.15. The molecule has 1 aromatic carbocycles. The lowest BCUT2D eigenvalue weighted by molar-refractivity contribution is 0.0395. The number of halogens is 2. The third-order valence-corrected chi connectivity index (χ3v) is 5.97. The van der Waals surface area contributed by atoms with Gasteiger partial charge in [0.05, 0.1) is 25.5 Å². The number of ether oxygens (including phenoxy) is 1. The Bertz CT molecular complexity index is 1370. The van der Waals surface area contributed by atoms with Gasteiger partial charge in [-0.05, 0) is 32.0 Å². The molecule has 1 fully saturated rings. The summed E-state index contributed by atoms with van der Waals surface area (Å²) in [4.78, 5) is 24.4. The maximum absolute atomic E-state index is 14.9. The second-order valence-corrected chi connectivity index (χ2v) is 8.17. The summed E-state index contributed by atoms with van der Waals surface area (Å²) in [6.07, 6.45) is 4.96. The van der Waals surface area contributed by atoms with Crippen molar-refractivity contribution in [2.24, 2.45) is 0 Å². The number of H-pyrrole nitrogens is 1. The van der Waals surface area contributed by atoms with Gasteiger partial charge in [0.25, 0.3) is 5.56 Å². The molecule has 164 valence electrons. The van der Waals surface area contributed by atoms with Gasteiger partial charge in [0, 0.05) is 40.1 Å². The number of nitrogens with zero attached hydrogens (tertiary/aromatic N) is 5. The van der Waals surface area contributed by atoms with Crippen molar-refractivity contribution >= 4 is 23.1 Å². The zero-order chi connectivity index (χ0) is 22.4. The number of hydrogen-bond donors (Lipinski definition) is 1. The molecule has 0 amide bonds. The minimum absolute atomic E-state index is 0.203. The van der Waals surface area contributed by atoms with Crippen molar-refractivity contribution in [1.82, 2.24) is 24.6 Å². The van der Waals surface area contributed by atoms with Crippen molar-refractivity contribution in [2.45, 2.75) is 20.0 Å². The molecule has 0 aliphatic carbocycles. The summed E-state index contributed by atoms with van der Waals surface area (Å²) < 4.78 is 22.2. The van der Waals surface area contributed by atoms with Crippen LogP contribution in [0.1, 0.15) is 22.9 Å². The fourth-order valence-electron chi connectivity index (χ4n) is 3.83. The first kappa shape index (κ1) is 20.6. The van der Waals surface area contributed by atoms with Gasteiger partial charge in [0.15, 0.2) is 5.65 Å². The highest BCUT2D eigenvalue weighted by Gasteiger charge is 2.26. The molecule has 1 aliphatic heterocycles. The number of fused-ring (bicyclic) bond motifs is 1. The van der Waals surface area contributed by atoms with Crippen LogP contribution in [0.25, 0.3) is 16.9 Å². The van der Waals surface area contributed by atoms with Gasteiger partial charge < -0.3 is 9.64 Å². The first-order valence-electron chi connectivity index (χ1n) is 10.1. The van der Waals surface area contributed by atoms with Crippen LogP contribution >= 0.6 is 11.6 Å². The lowest BCUT2D eigenvalue weighted by Gasteiger charge is -2.33. The molecule has 0 unspecified atom stereocenters. The Balaban J connectivity index is 1.69. The summed E-state index contributed by atoms with van der Waals surface area (Å²) in [5.74, 6) is 0.000533. The Labute approximate surface area is 187 Å². The van der Waals surface area contributed by atoms with Crippen molar-refractivity contribution in [3.8, 4) is 11.3 Å². The monoisotopic (exact) mass is 454 g/mol. The van der Waals surface area contributed by atoms with E-state index in [4.69, 9.17) is 21.3 Å². The fraction of sp³-hybridized carbons (Fsp3) is 0.273. The van der Waals surface area contributed by atoms with Crippen molar-refractivity contribution in [3.05, 3.63) is 74.8 Å². The van der Waals surface area contributed by atoms with Crippen LogP contribution in [0.2, 0.25) is 5.02 Å². The van der Waals surface area contributed by atoms with E-state index in [-0.39, 0.29) is 27.9 Å². The minimum atomic E-state index is -0.533. The third-order valence-electron chi connectivity index (χ3n) is 5.73. The normalized spacial score (nSPS) is 16.6. The zero-order valence-corrected chi connectivity index (χ0v) is 18.2. The third kappa shape index (κ3) is 3.53. The first-order valence-corrected chi connectivity index (χ1v) is 10.5. The summed E-state index contributed by atoms with van der Waals surface area (Å²) in [6, 6.07) is 4.37. The van der Waals surface area contributed by atoms with E-state index in [1.807, 2.05) is 4.90 Å². The quantitative estimate of drug-likeness (QED) is 0.510. The van der Waals surface area contributed by atoms with Crippen LogP contribution in [-0.2, 0) is 4.74 Å². The molecule has 5 rings (SSSR count). The van der Waals surface area contributed by atoms with Crippen molar-refractivity contribution in [1.29, 1.82) is 0 Å². The Hall–Kier alpha value is -3.30. The number of morpholine rings is 1. The maximum atomic E-state index is 14.9. The summed E-state index contributed by atoms with van der Waals surface area (Å²) in [7, 11) is 0. The molecule has 0 bridgehead atoms. The topological polar surface area (TPSA) is 88.4 Å². The molecule has 4 heterocycles. The number of aromatic nitrogens is 5. The van der Waals surface area contributed by atoms with Crippen molar-refractivity contribution in [2.75, 3.05) is 24.6 Å². The van der Waals surface area contributed by atoms with Gasteiger partial charge in [-0.2, -0.15) is 5.10 Å². The van der Waals surface area contributed by atoms with Gasteiger partial charge >= 0.3 is 0 Å². The van der Waals surface area contributed by atoms with E-state index in [2.05, 4.69) is 15.2 Å². The van der Waals surface area contributed by atoms with Crippen LogP contribution in [0, 0.1) is 19.7 Å². The predicted molar refractivity (Wildman–Crippen MR) is 119 cm³/mol. The maximum Gasteiger partial charge on any atom is 0.261 e. The van der Waals surface area contributed by atoms with Crippen molar-refractivity contribution in [3.63, 3.8) is 0 Å². The number of aryl methyl sites for hydroxylation is 1. The largest absolute Gasteiger partial charge is 0.370 e. The Morgan fingerprint density at radius 1 is 1.28 bits per heavy atom. The molecule has 1 atom stereocenters. The van der Waals surface area contributed by atoms with E-state index in [9.17, 15) is 9.18 Å². The first-order chi connectivity index (χ1) is 15.4. The second-order valence-electron chi connectivity index (χ2n) is 7.73. The van der Waals surface area contributed by atoms with Gasteiger partial charge in [-0.1, -0.05) is 11.6 Å². The molecule has 8 nitrogen and oxygen atoms in total. The molecular formula is C22H20ClFN6O2. The number of nitrogens with one attached hydrogen (secondary N) is 1. The van der Waals surface area contributed by atoms with Crippen LogP contribution < -0.4 is 10.5 Å². The Morgan fingerprint density at radius 2 is 2.12 bits per heavy atom. The fourth-order valence-corrected chi connectivity index (χ4v) is 3.99. The average molecular weight is 455 g/mol. The van der Waals surface area contributed by atoms with Crippen LogP contribution in [-0.4, -0.2) is 44.3 Å². The van der Waals surface area contributed by atoms with E-state index in [0.29, 0.717) is 42.4 Å². The number of hydrogen-bond acceptors (Lipinski definition) is 6. The van der Waals surface area contributed by atoms with Gasteiger partial charge in [0.2, 0.25) is 0 Å². The van der Waals surface area contributed by atoms with E-state index in [0.717, 1.165) is 5.56 Å². The molecule has 3 aromatic heterocycles. The molecule has 0 radical (unpaired) electrons. The van der Waals surface area contributed by atoms with Crippen molar-refractivity contribution < 1.29 is 9.13 Å². The number of benzene rings is 1. The second kappa shape index (κ2) is 7.99. The summed E-state index contributed by atoms with van der Waals surface area (Å²) in [5, 5.41) is 7.06. The van der Waals surface area contributed by atoms with E-state index >= 15 is 0 Å². The van der Waals surface area contributed by atoms with E-state index in [1.54, 1.807) is 44.6 Å². The lowest BCUT2D eigenvalue weighted by Crippen LogP contribution is -2.39. The minimum Gasteiger partial charge on any atom is -0.370 e. The average Bonchev–Trinajstić information content (AvgIpc) is 3.33. The smallest absolute Gasteiger partial charge is 0.261 e. The molecule has 1 saturated heterocycles. The highest BCUT2D eigenvalue weighted by Crippen LogP contribution is 2.30. The lowest BCUT2D eigenvalue weighted by atomic mass is 10.1. The molecule has 32 heavy (non-hydrogen) atoms. The van der Waals surface area contributed by atoms with Gasteiger partial charge in [0.1, 0.15) is 23.4 Å². The molecule has 10 heteroatoms. The standard InChI is InChI=1S/C22H20ClFN6O2/c1-12-13(2)27-21-20(16-4-3-15(23)7-17(16)24)28-19(11-30(21)22(12)31)29-5-6-32-18(10-29)14-8-25-26-9-14/h3-4,7-9,11,18H,5-6,10H2,1-2H3,(H,25,26)/t18-/m1/s1. The summed E-state index contributed by atoms with van der Waals surface area (Å²) in [6.45, 7) is 5.03. The number of rotatable bonds is 3. The molecule has 0 saturated carbocycles. The summed E-state index contributed by atoms with van der Waals surface area (Å²) >= 11 is 5.95. The van der Waals surface area contributed by atoms with Crippen LogP contribution in [0.4, 0.5) is 10.2 Å². The predicted octanol–water partition coefficient (Wildman–Crippen LogP) is 3.47. The molecule has 0 spiro atoms. The van der Waals surface area contributed by atoms with E-state index in [1.165, 1.54) is 10.5 Å².